The minimum atomic E-state index is -0.341. The molecule has 0 bridgehead atoms. The van der Waals surface area contributed by atoms with Gasteiger partial charge in [-0.3, -0.25) is 4.98 Å². The van der Waals surface area contributed by atoms with Gasteiger partial charge in [0, 0.05) is 6.20 Å². The molecular weight excluding hydrogens is 393 g/mol. The first-order chi connectivity index (χ1) is 14.9. The van der Waals surface area contributed by atoms with Crippen LogP contribution in [0, 0.1) is 17.3 Å². The lowest BCUT2D eigenvalue weighted by Gasteiger charge is -2.33. The zero-order valence-corrected chi connectivity index (χ0v) is 21.0. The monoisotopic (exact) mass is 431 g/mol. The molecular formula is C28H38BNO2. The minimum Gasteiger partial charge on any atom is -0.400 e. The molecule has 0 radical (unpaired) electrons. The van der Waals surface area contributed by atoms with E-state index in [-0.39, 0.29) is 23.7 Å². The lowest BCUT2D eigenvalue weighted by molar-refractivity contribution is 0.00578. The fourth-order valence-electron chi connectivity index (χ4n) is 4.42. The van der Waals surface area contributed by atoms with Crippen molar-refractivity contribution in [2.75, 3.05) is 0 Å². The number of hydrogen-bond acceptors (Lipinski definition) is 3. The van der Waals surface area contributed by atoms with Crippen LogP contribution in [-0.4, -0.2) is 23.3 Å². The quantitative estimate of drug-likeness (QED) is 0.480. The van der Waals surface area contributed by atoms with Gasteiger partial charge in [-0.25, -0.2) is 0 Å². The lowest BCUT2D eigenvalue weighted by atomic mass is 9.64. The van der Waals surface area contributed by atoms with Crippen LogP contribution in [0.25, 0.3) is 11.1 Å². The third-order valence-corrected chi connectivity index (χ3v) is 7.55. The van der Waals surface area contributed by atoms with Gasteiger partial charge in [0.05, 0.1) is 16.9 Å². The highest BCUT2D eigenvalue weighted by Crippen LogP contribution is 2.44. The summed E-state index contributed by atoms with van der Waals surface area (Å²) in [7, 11) is -0.317. The molecule has 2 heterocycles. The molecule has 4 rings (SSSR count). The summed E-state index contributed by atoms with van der Waals surface area (Å²) in [5, 5.41) is 0. The molecule has 3 nitrogen and oxygen atoms in total. The fourth-order valence-corrected chi connectivity index (χ4v) is 4.42. The molecule has 170 valence electrons. The summed E-state index contributed by atoms with van der Waals surface area (Å²) < 4.78 is 12.8. The molecule has 1 aliphatic heterocycles. The smallest absolute Gasteiger partial charge is 0.400 e. The van der Waals surface area contributed by atoms with Crippen LogP contribution in [0.2, 0.25) is 0 Å². The number of rotatable bonds is 3. The first kappa shape index (κ1) is 23.3. The highest BCUT2D eigenvalue weighted by molar-refractivity contribution is 6.55. The summed E-state index contributed by atoms with van der Waals surface area (Å²) >= 11 is 0. The molecule has 1 saturated heterocycles. The Morgan fingerprint density at radius 1 is 1.06 bits per heavy atom. The first-order valence-electron chi connectivity index (χ1n) is 12.0. The van der Waals surface area contributed by atoms with E-state index in [1.165, 1.54) is 16.6 Å². The molecule has 0 amide bonds. The van der Waals surface area contributed by atoms with Crippen molar-refractivity contribution < 1.29 is 9.31 Å². The third kappa shape index (κ3) is 4.58. The molecule has 0 aromatic carbocycles. The van der Waals surface area contributed by atoms with Crippen molar-refractivity contribution in [1.82, 2.24) is 4.98 Å². The van der Waals surface area contributed by atoms with E-state index in [1.807, 2.05) is 6.20 Å². The Morgan fingerprint density at radius 2 is 1.75 bits per heavy atom. The zero-order chi connectivity index (χ0) is 23.3. The van der Waals surface area contributed by atoms with Gasteiger partial charge in [-0.1, -0.05) is 58.1 Å². The molecule has 2 aliphatic carbocycles. The second-order valence-electron chi connectivity index (χ2n) is 11.8. The lowest BCUT2D eigenvalue weighted by Crippen LogP contribution is -2.41. The average Bonchev–Trinajstić information content (AvgIpc) is 2.95. The normalized spacial score (nSPS) is 27.1. The van der Waals surface area contributed by atoms with E-state index in [0.29, 0.717) is 11.8 Å². The van der Waals surface area contributed by atoms with E-state index in [1.54, 1.807) is 0 Å². The molecule has 4 heteroatoms. The molecule has 0 N–H and O–H groups in total. The van der Waals surface area contributed by atoms with E-state index < -0.39 is 0 Å². The van der Waals surface area contributed by atoms with Crippen molar-refractivity contribution in [1.29, 1.82) is 0 Å². The average molecular weight is 431 g/mol. The van der Waals surface area contributed by atoms with Gasteiger partial charge in [0.25, 0.3) is 0 Å². The Kier molecular flexibility index (Phi) is 5.92. The topological polar surface area (TPSA) is 31.4 Å². The number of hydrogen-bond donors (Lipinski definition) is 0. The maximum Gasteiger partial charge on any atom is 0.490 e. The Balaban J connectivity index is 1.70. The Hall–Kier alpha value is -1.91. The van der Waals surface area contributed by atoms with E-state index in [2.05, 4.69) is 97.9 Å². The van der Waals surface area contributed by atoms with Crippen molar-refractivity contribution in [3.05, 3.63) is 65.4 Å². The summed E-state index contributed by atoms with van der Waals surface area (Å²) in [5.41, 5.74) is 5.34. The second-order valence-corrected chi connectivity index (χ2v) is 11.8. The van der Waals surface area contributed by atoms with Crippen LogP contribution < -0.4 is 0 Å². The van der Waals surface area contributed by atoms with Gasteiger partial charge in [0.15, 0.2) is 0 Å². The zero-order valence-electron chi connectivity index (χ0n) is 21.0. The first-order valence-corrected chi connectivity index (χ1v) is 12.0. The molecule has 2 unspecified atom stereocenters. The van der Waals surface area contributed by atoms with Crippen LogP contribution in [0.1, 0.15) is 79.5 Å². The Morgan fingerprint density at radius 3 is 2.34 bits per heavy atom. The third-order valence-electron chi connectivity index (χ3n) is 7.55. The van der Waals surface area contributed by atoms with E-state index in [9.17, 15) is 0 Å². The van der Waals surface area contributed by atoms with Gasteiger partial charge in [-0.05, 0) is 92.1 Å². The molecule has 1 aromatic rings. The molecule has 2 atom stereocenters. The van der Waals surface area contributed by atoms with E-state index in [0.717, 1.165) is 24.1 Å². The van der Waals surface area contributed by atoms with Gasteiger partial charge in [0.2, 0.25) is 0 Å². The summed E-state index contributed by atoms with van der Waals surface area (Å²) in [4.78, 5) is 4.76. The Bertz CT molecular complexity index is 991. The van der Waals surface area contributed by atoms with Gasteiger partial charge in [0.1, 0.15) is 0 Å². The molecule has 1 aromatic heterocycles. The van der Waals surface area contributed by atoms with Gasteiger partial charge < -0.3 is 9.31 Å². The number of aromatic nitrogens is 1. The van der Waals surface area contributed by atoms with Crippen LogP contribution in [0.15, 0.2) is 54.2 Å². The SMILES string of the molecule is CC1C=CC(c2ccnc(C3=CC(C(C)(C)C)CC(B4OC(C)(C)C(C)(C)O4)=C3)c2)=CC1. The van der Waals surface area contributed by atoms with Crippen LogP contribution in [0.3, 0.4) is 0 Å². The predicted octanol–water partition coefficient (Wildman–Crippen LogP) is 7.07. The second kappa shape index (κ2) is 8.15. The maximum absolute atomic E-state index is 6.42. The standard InChI is InChI=1S/C28H38BNO2/c1-19-9-11-20(12-10-19)21-13-14-30-25(17-21)22-15-23(26(2,3)4)18-24(16-22)29-31-27(5,6)28(7,8)32-29/h9,11-17,19,23H,10,18H2,1-8H3. The fraction of sp³-hybridized carbons (Fsp3) is 0.536. The van der Waals surface area contributed by atoms with Crippen molar-refractivity contribution in [2.45, 2.75) is 79.4 Å². The summed E-state index contributed by atoms with van der Waals surface area (Å²) in [6.45, 7) is 17.6. The summed E-state index contributed by atoms with van der Waals surface area (Å²) in [5.74, 6) is 0.996. The highest BCUT2D eigenvalue weighted by atomic mass is 16.7. The van der Waals surface area contributed by atoms with E-state index in [4.69, 9.17) is 14.3 Å². The van der Waals surface area contributed by atoms with Crippen LogP contribution in [0.4, 0.5) is 0 Å². The summed E-state index contributed by atoms with van der Waals surface area (Å²) in [6.07, 6.45) is 15.5. The Labute approximate surface area is 194 Å². The minimum absolute atomic E-state index is 0.136. The van der Waals surface area contributed by atoms with E-state index >= 15 is 0 Å². The van der Waals surface area contributed by atoms with Gasteiger partial charge in [-0.15, -0.1) is 0 Å². The largest absolute Gasteiger partial charge is 0.490 e. The van der Waals surface area contributed by atoms with Gasteiger partial charge in [-0.2, -0.15) is 0 Å². The number of allylic oxidation sites excluding steroid dienone is 8. The van der Waals surface area contributed by atoms with Gasteiger partial charge >= 0.3 is 7.12 Å². The predicted molar refractivity (Wildman–Crippen MR) is 135 cm³/mol. The molecule has 1 fully saturated rings. The van der Waals surface area contributed by atoms with Crippen LogP contribution in [-0.2, 0) is 9.31 Å². The molecule has 0 spiro atoms. The molecule has 3 aliphatic rings. The summed E-state index contributed by atoms with van der Waals surface area (Å²) in [6, 6.07) is 4.33. The van der Waals surface area contributed by atoms with Crippen molar-refractivity contribution >= 4 is 18.3 Å². The van der Waals surface area contributed by atoms with Crippen molar-refractivity contribution in [3.8, 4) is 0 Å². The molecule has 32 heavy (non-hydrogen) atoms. The van der Waals surface area contributed by atoms with Crippen molar-refractivity contribution in [2.24, 2.45) is 17.3 Å². The number of pyridine rings is 1. The van der Waals surface area contributed by atoms with Crippen LogP contribution in [0.5, 0.6) is 0 Å². The highest BCUT2D eigenvalue weighted by Gasteiger charge is 2.53. The van der Waals surface area contributed by atoms with Crippen molar-refractivity contribution in [3.63, 3.8) is 0 Å². The van der Waals surface area contributed by atoms with Crippen LogP contribution >= 0.6 is 0 Å². The maximum atomic E-state index is 6.42. The molecule has 0 saturated carbocycles. The number of nitrogens with zero attached hydrogens (tertiary/aromatic N) is 1.